The van der Waals surface area contributed by atoms with Gasteiger partial charge in [0.05, 0.1) is 5.82 Å². The summed E-state index contributed by atoms with van der Waals surface area (Å²) in [5, 5.41) is 6.02. The van der Waals surface area contributed by atoms with E-state index in [-0.39, 0.29) is 0 Å². The highest BCUT2D eigenvalue weighted by atomic mass is 15.1. The first-order valence-corrected chi connectivity index (χ1v) is 3.53. The second-order valence-corrected chi connectivity index (χ2v) is 2.01. The minimum absolute atomic E-state index is 0.879. The molecule has 0 atom stereocenters. The molecule has 10 heavy (non-hydrogen) atoms. The van der Waals surface area contributed by atoms with Gasteiger partial charge in [-0.25, -0.2) is 0 Å². The molecule has 0 aliphatic rings. The number of hydrogen-bond acceptors (Lipinski definition) is 2. The van der Waals surface area contributed by atoms with Gasteiger partial charge in [0, 0.05) is 13.6 Å². The highest BCUT2D eigenvalue weighted by molar-refractivity contribution is 4.87. The molecule has 0 heterocycles. The van der Waals surface area contributed by atoms with E-state index in [1.165, 1.54) is 0 Å². The van der Waals surface area contributed by atoms with Gasteiger partial charge in [0.2, 0.25) is 0 Å². The van der Waals surface area contributed by atoms with E-state index in [9.17, 15) is 0 Å². The maximum absolute atomic E-state index is 3.72. The van der Waals surface area contributed by atoms with Crippen molar-refractivity contribution in [3.05, 3.63) is 24.6 Å². The van der Waals surface area contributed by atoms with Crippen LogP contribution in [0.15, 0.2) is 24.6 Å². The van der Waals surface area contributed by atoms with Crippen LogP contribution in [0.1, 0.15) is 13.3 Å². The highest BCUT2D eigenvalue weighted by Gasteiger charge is 1.83. The van der Waals surface area contributed by atoms with Crippen LogP contribution in [0.25, 0.3) is 0 Å². The Bertz CT molecular complexity index is 116. The Morgan fingerprint density at radius 1 is 1.60 bits per heavy atom. The lowest BCUT2D eigenvalue weighted by molar-refractivity contribution is 0.740. The van der Waals surface area contributed by atoms with Gasteiger partial charge in [0.1, 0.15) is 0 Å². The third kappa shape index (κ3) is 5.22. The first-order chi connectivity index (χ1) is 4.81. The lowest BCUT2D eigenvalue weighted by Gasteiger charge is -2.05. The fourth-order valence-electron chi connectivity index (χ4n) is 0.561. The van der Waals surface area contributed by atoms with Crippen LogP contribution in [0, 0.1) is 0 Å². The van der Waals surface area contributed by atoms with Crippen molar-refractivity contribution in [2.75, 3.05) is 13.6 Å². The van der Waals surface area contributed by atoms with Crippen LogP contribution in [0.5, 0.6) is 0 Å². The smallest absolute Gasteiger partial charge is 0.0909 e. The molecule has 2 nitrogen and oxygen atoms in total. The molecule has 0 aromatic rings. The Morgan fingerprint density at radius 2 is 2.30 bits per heavy atom. The number of hydrogen-bond donors (Lipinski definition) is 2. The molecular weight excluding hydrogens is 124 g/mol. The molecule has 0 aliphatic heterocycles. The monoisotopic (exact) mass is 140 g/mol. The van der Waals surface area contributed by atoms with Crippen LogP contribution in [-0.2, 0) is 0 Å². The summed E-state index contributed by atoms with van der Waals surface area (Å²) >= 11 is 0. The molecule has 58 valence electrons. The number of allylic oxidation sites excluding steroid dienone is 1. The van der Waals surface area contributed by atoms with E-state index in [0.717, 1.165) is 18.8 Å². The third-order valence-corrected chi connectivity index (χ3v) is 1.19. The van der Waals surface area contributed by atoms with E-state index in [1.807, 2.05) is 20.0 Å². The van der Waals surface area contributed by atoms with E-state index in [0.29, 0.717) is 0 Å². The van der Waals surface area contributed by atoms with Gasteiger partial charge in [-0.15, -0.1) is 0 Å². The van der Waals surface area contributed by atoms with Crippen molar-refractivity contribution in [2.24, 2.45) is 0 Å². The Balaban J connectivity index is 3.11. The largest absolute Gasteiger partial charge is 0.375 e. The van der Waals surface area contributed by atoms with E-state index < -0.39 is 0 Å². The highest BCUT2D eigenvalue weighted by Crippen LogP contribution is 1.81. The molecule has 0 radical (unpaired) electrons. The van der Waals surface area contributed by atoms with E-state index in [4.69, 9.17) is 0 Å². The summed E-state index contributed by atoms with van der Waals surface area (Å²) in [7, 11) is 1.85. The molecule has 0 rings (SSSR count). The van der Waals surface area contributed by atoms with Crippen molar-refractivity contribution in [3.8, 4) is 0 Å². The molecule has 0 saturated carbocycles. The van der Waals surface area contributed by atoms with E-state index in [1.54, 1.807) is 0 Å². The molecule has 0 aromatic carbocycles. The van der Waals surface area contributed by atoms with Crippen molar-refractivity contribution >= 4 is 0 Å². The zero-order valence-electron chi connectivity index (χ0n) is 6.78. The minimum atomic E-state index is 0.879. The van der Waals surface area contributed by atoms with Gasteiger partial charge in [0.25, 0.3) is 0 Å². The van der Waals surface area contributed by atoms with Gasteiger partial charge in [0.15, 0.2) is 0 Å². The summed E-state index contributed by atoms with van der Waals surface area (Å²) in [6.45, 7) is 6.69. The van der Waals surface area contributed by atoms with Gasteiger partial charge in [-0.05, 0) is 13.3 Å². The quantitative estimate of drug-likeness (QED) is 0.443. The molecule has 2 heteroatoms. The first kappa shape index (κ1) is 9.08. The standard InChI is InChI=1S/C8H16N2/c1-4-5-6-7-10-8(2)9-3/h4-5,9-10H,2,6-7H2,1,3H3/b5-4-. The van der Waals surface area contributed by atoms with Gasteiger partial charge >= 0.3 is 0 Å². The molecule has 0 saturated heterocycles. The van der Waals surface area contributed by atoms with Crippen LogP contribution in [0.3, 0.4) is 0 Å². The van der Waals surface area contributed by atoms with Crippen molar-refractivity contribution in [1.82, 2.24) is 10.6 Å². The van der Waals surface area contributed by atoms with Gasteiger partial charge in [-0.2, -0.15) is 0 Å². The molecule has 0 aromatic heterocycles. The summed E-state index contributed by atoms with van der Waals surface area (Å²) < 4.78 is 0. The summed E-state index contributed by atoms with van der Waals surface area (Å²) in [5.74, 6) is 0.879. The zero-order chi connectivity index (χ0) is 7.82. The average Bonchev–Trinajstić information content (AvgIpc) is 1.98. The van der Waals surface area contributed by atoms with E-state index >= 15 is 0 Å². The number of nitrogens with one attached hydrogen (secondary N) is 2. The fraction of sp³-hybridized carbons (Fsp3) is 0.500. The maximum Gasteiger partial charge on any atom is 0.0909 e. The van der Waals surface area contributed by atoms with Gasteiger partial charge < -0.3 is 10.6 Å². The van der Waals surface area contributed by atoms with Crippen LogP contribution >= 0.6 is 0 Å². The molecule has 0 bridgehead atoms. The Labute approximate surface area is 63.0 Å². The van der Waals surface area contributed by atoms with Crippen molar-refractivity contribution < 1.29 is 0 Å². The lowest BCUT2D eigenvalue weighted by Crippen LogP contribution is -2.22. The summed E-state index contributed by atoms with van der Waals surface area (Å²) in [4.78, 5) is 0. The number of rotatable bonds is 5. The summed E-state index contributed by atoms with van der Waals surface area (Å²) in [6, 6.07) is 0. The van der Waals surface area contributed by atoms with Crippen LogP contribution in [0.2, 0.25) is 0 Å². The fourth-order valence-corrected chi connectivity index (χ4v) is 0.561. The zero-order valence-corrected chi connectivity index (χ0v) is 6.78. The van der Waals surface area contributed by atoms with Gasteiger partial charge in [-0.1, -0.05) is 18.7 Å². The average molecular weight is 140 g/mol. The van der Waals surface area contributed by atoms with Crippen LogP contribution in [-0.4, -0.2) is 13.6 Å². The van der Waals surface area contributed by atoms with Crippen molar-refractivity contribution in [3.63, 3.8) is 0 Å². The Morgan fingerprint density at radius 3 is 2.80 bits per heavy atom. The van der Waals surface area contributed by atoms with Crippen LogP contribution < -0.4 is 10.6 Å². The molecule has 0 unspecified atom stereocenters. The van der Waals surface area contributed by atoms with Crippen molar-refractivity contribution in [2.45, 2.75) is 13.3 Å². The molecular formula is C8H16N2. The molecule has 0 aliphatic carbocycles. The van der Waals surface area contributed by atoms with Crippen molar-refractivity contribution in [1.29, 1.82) is 0 Å². The topological polar surface area (TPSA) is 24.1 Å². The molecule has 0 spiro atoms. The normalized spacial score (nSPS) is 9.80. The summed E-state index contributed by atoms with van der Waals surface area (Å²) in [5.41, 5.74) is 0. The third-order valence-electron chi connectivity index (χ3n) is 1.19. The molecule has 0 amide bonds. The van der Waals surface area contributed by atoms with E-state index in [2.05, 4.69) is 23.3 Å². The first-order valence-electron chi connectivity index (χ1n) is 3.53. The second kappa shape index (κ2) is 6.20. The molecule has 0 fully saturated rings. The Kier molecular flexibility index (Phi) is 5.63. The molecule has 2 N–H and O–H groups in total. The second-order valence-electron chi connectivity index (χ2n) is 2.01. The van der Waals surface area contributed by atoms with Crippen LogP contribution in [0.4, 0.5) is 0 Å². The SMILES string of the molecule is C=C(NC)NCC/C=C\C. The predicted octanol–water partition coefficient (Wildman–Crippen LogP) is 1.23. The van der Waals surface area contributed by atoms with Gasteiger partial charge in [-0.3, -0.25) is 0 Å². The minimum Gasteiger partial charge on any atom is -0.375 e. The lowest BCUT2D eigenvalue weighted by atomic mass is 10.4. The predicted molar refractivity (Wildman–Crippen MR) is 45.6 cm³/mol. The summed E-state index contributed by atoms with van der Waals surface area (Å²) in [6.07, 6.45) is 5.22. The Hall–Kier alpha value is -0.920. The maximum atomic E-state index is 3.72.